The zero-order valence-corrected chi connectivity index (χ0v) is 9.93. The summed E-state index contributed by atoms with van der Waals surface area (Å²) in [5.74, 6) is 0.971. The third-order valence-electron chi connectivity index (χ3n) is 3.32. The Kier molecular flexibility index (Phi) is 4.56. The monoisotopic (exact) mass is 202 g/mol. The van der Waals surface area contributed by atoms with Crippen molar-refractivity contribution in [3.05, 3.63) is 0 Å². The second-order valence-corrected chi connectivity index (χ2v) is 4.15. The average Bonchev–Trinajstić information content (AvgIpc) is 2.51. The first-order valence-corrected chi connectivity index (χ1v) is 6.00. The molecule has 0 aliphatic carbocycles. The quantitative estimate of drug-likeness (QED) is 0.590. The van der Waals surface area contributed by atoms with Gasteiger partial charge in [-0.1, -0.05) is 0 Å². The van der Waals surface area contributed by atoms with E-state index in [0.29, 0.717) is 0 Å². The average molecular weight is 202 g/mol. The van der Waals surface area contributed by atoms with Crippen LogP contribution in [-0.2, 0) is 0 Å². The van der Waals surface area contributed by atoms with Gasteiger partial charge in [0.2, 0.25) is 0 Å². The number of hydrogen-bond donors (Lipinski definition) is 1. The van der Waals surface area contributed by atoms with Gasteiger partial charge in [0.1, 0.15) is 0 Å². The Morgan fingerprint density at radius 2 is 1.77 bits per heavy atom. The van der Waals surface area contributed by atoms with Gasteiger partial charge in [-0.05, 0) is 52.2 Å². The van der Waals surface area contributed by atoms with Gasteiger partial charge >= 0.3 is 0 Å². The molecule has 0 aromatic carbocycles. The molecule has 0 N–H and O–H groups in total. The first-order valence-electron chi connectivity index (χ1n) is 5.11. The molecule has 0 radical (unpaired) electrons. The minimum absolute atomic E-state index is 0.909. The molecular formula is C10H22N2S. The summed E-state index contributed by atoms with van der Waals surface area (Å²) >= 11 is 3.53. The summed E-state index contributed by atoms with van der Waals surface area (Å²) < 4.78 is 0. The van der Waals surface area contributed by atoms with Crippen LogP contribution in [0.15, 0.2) is 0 Å². The number of fused-ring (bicyclic) bond motifs is 1. The van der Waals surface area contributed by atoms with Gasteiger partial charge < -0.3 is 9.80 Å². The van der Waals surface area contributed by atoms with Crippen LogP contribution < -0.4 is 0 Å². The summed E-state index contributed by atoms with van der Waals surface area (Å²) in [6.45, 7) is 3.95. The standard InChI is InChI=1S/C9H18N2.CH4S/c1-10-5-4-9-8(7-10)3-6-11(9)2;1-2/h8-9H,3-7H2,1-2H3;2H,1H3. The molecule has 2 rings (SSSR count). The highest BCUT2D eigenvalue weighted by Crippen LogP contribution is 2.29. The van der Waals surface area contributed by atoms with Crippen LogP contribution in [0.1, 0.15) is 12.8 Å². The molecule has 2 aliphatic rings. The van der Waals surface area contributed by atoms with Crippen molar-refractivity contribution in [2.45, 2.75) is 18.9 Å². The Balaban J connectivity index is 0.000000396. The van der Waals surface area contributed by atoms with Crippen LogP contribution in [0.3, 0.4) is 0 Å². The van der Waals surface area contributed by atoms with E-state index in [2.05, 4.69) is 36.5 Å². The van der Waals surface area contributed by atoms with Gasteiger partial charge in [-0.2, -0.15) is 12.6 Å². The van der Waals surface area contributed by atoms with Crippen LogP contribution in [0.2, 0.25) is 0 Å². The lowest BCUT2D eigenvalue weighted by Crippen LogP contribution is -2.43. The van der Waals surface area contributed by atoms with E-state index in [4.69, 9.17) is 0 Å². The highest BCUT2D eigenvalue weighted by atomic mass is 32.1. The van der Waals surface area contributed by atoms with Gasteiger partial charge in [0.15, 0.2) is 0 Å². The van der Waals surface area contributed by atoms with Gasteiger partial charge in [-0.25, -0.2) is 0 Å². The fourth-order valence-corrected chi connectivity index (χ4v) is 2.60. The Morgan fingerprint density at radius 3 is 2.46 bits per heavy atom. The summed E-state index contributed by atoms with van der Waals surface area (Å²) in [6, 6.07) is 0.909. The summed E-state index contributed by atoms with van der Waals surface area (Å²) in [5, 5.41) is 0. The van der Waals surface area contributed by atoms with Crippen molar-refractivity contribution in [2.24, 2.45) is 5.92 Å². The largest absolute Gasteiger partial charge is 0.306 e. The molecule has 2 heterocycles. The third kappa shape index (κ3) is 2.61. The molecule has 2 aliphatic heterocycles. The van der Waals surface area contributed by atoms with Gasteiger partial charge in [-0.3, -0.25) is 0 Å². The third-order valence-corrected chi connectivity index (χ3v) is 3.32. The van der Waals surface area contributed by atoms with Crippen LogP contribution in [0.4, 0.5) is 0 Å². The molecule has 0 spiro atoms. The van der Waals surface area contributed by atoms with Crippen LogP contribution in [-0.4, -0.2) is 55.8 Å². The number of hydrogen-bond acceptors (Lipinski definition) is 3. The molecule has 3 heteroatoms. The fraction of sp³-hybridized carbons (Fsp3) is 1.00. The lowest BCUT2D eigenvalue weighted by Gasteiger charge is -2.34. The van der Waals surface area contributed by atoms with Gasteiger partial charge in [0.05, 0.1) is 0 Å². The molecule has 2 saturated heterocycles. The van der Waals surface area contributed by atoms with Crippen LogP contribution in [0.5, 0.6) is 0 Å². The maximum absolute atomic E-state index is 3.53. The smallest absolute Gasteiger partial charge is 0.0145 e. The molecule has 2 unspecified atom stereocenters. The predicted octanol–water partition coefficient (Wildman–Crippen LogP) is 1.19. The predicted molar refractivity (Wildman–Crippen MR) is 61.5 cm³/mol. The van der Waals surface area contributed by atoms with E-state index in [1.807, 2.05) is 0 Å². The summed E-state index contributed by atoms with van der Waals surface area (Å²) in [5.41, 5.74) is 0. The van der Waals surface area contributed by atoms with Crippen molar-refractivity contribution >= 4 is 12.6 Å². The molecular weight excluding hydrogens is 180 g/mol. The second-order valence-electron chi connectivity index (χ2n) is 4.15. The van der Waals surface area contributed by atoms with E-state index in [9.17, 15) is 0 Å². The van der Waals surface area contributed by atoms with Crippen molar-refractivity contribution in [3.63, 3.8) is 0 Å². The molecule has 2 atom stereocenters. The lowest BCUT2D eigenvalue weighted by molar-refractivity contribution is 0.145. The molecule has 0 amide bonds. The van der Waals surface area contributed by atoms with E-state index in [0.717, 1.165) is 12.0 Å². The van der Waals surface area contributed by atoms with Crippen LogP contribution >= 0.6 is 12.6 Å². The van der Waals surface area contributed by atoms with Gasteiger partial charge in [-0.15, -0.1) is 0 Å². The van der Waals surface area contributed by atoms with Crippen molar-refractivity contribution < 1.29 is 0 Å². The van der Waals surface area contributed by atoms with E-state index in [-0.39, 0.29) is 0 Å². The normalized spacial score (nSPS) is 35.1. The second kappa shape index (κ2) is 5.23. The maximum Gasteiger partial charge on any atom is 0.0145 e. The van der Waals surface area contributed by atoms with Gasteiger partial charge in [0.25, 0.3) is 0 Å². The molecule has 2 nitrogen and oxygen atoms in total. The number of piperidine rings is 1. The SMILES string of the molecule is CN1CCC2C(CCN2C)C1.CS. The minimum atomic E-state index is 0.909. The van der Waals surface area contributed by atoms with Crippen molar-refractivity contribution in [1.29, 1.82) is 0 Å². The fourth-order valence-electron chi connectivity index (χ4n) is 2.60. The molecule has 78 valence electrons. The summed E-state index contributed by atoms with van der Waals surface area (Å²) in [6.07, 6.45) is 4.50. The van der Waals surface area contributed by atoms with Crippen molar-refractivity contribution in [1.82, 2.24) is 9.80 Å². The Morgan fingerprint density at radius 1 is 1.08 bits per heavy atom. The number of nitrogens with zero attached hydrogens (tertiary/aromatic N) is 2. The molecule has 13 heavy (non-hydrogen) atoms. The first-order chi connectivity index (χ1) is 6.27. The number of rotatable bonds is 0. The Bertz CT molecular complexity index is 152. The first kappa shape index (κ1) is 11.3. The van der Waals surface area contributed by atoms with Crippen molar-refractivity contribution in [2.75, 3.05) is 40.0 Å². The zero-order chi connectivity index (χ0) is 9.84. The van der Waals surface area contributed by atoms with E-state index < -0.39 is 0 Å². The summed E-state index contributed by atoms with van der Waals surface area (Å²) in [7, 11) is 4.52. The van der Waals surface area contributed by atoms with E-state index >= 15 is 0 Å². The van der Waals surface area contributed by atoms with E-state index in [1.165, 1.54) is 32.5 Å². The van der Waals surface area contributed by atoms with Crippen LogP contribution in [0.25, 0.3) is 0 Å². The molecule has 0 aromatic heterocycles. The molecule has 2 fully saturated rings. The minimum Gasteiger partial charge on any atom is -0.306 e. The van der Waals surface area contributed by atoms with E-state index in [1.54, 1.807) is 6.26 Å². The summed E-state index contributed by atoms with van der Waals surface area (Å²) in [4.78, 5) is 5.01. The topological polar surface area (TPSA) is 6.48 Å². The molecule has 0 aromatic rings. The Labute approximate surface area is 87.7 Å². The highest BCUT2D eigenvalue weighted by Gasteiger charge is 2.34. The van der Waals surface area contributed by atoms with Gasteiger partial charge in [0, 0.05) is 12.6 Å². The van der Waals surface area contributed by atoms with Crippen LogP contribution in [0, 0.1) is 5.92 Å². The Hall–Kier alpha value is 0.270. The highest BCUT2D eigenvalue weighted by molar-refractivity contribution is 7.79. The van der Waals surface area contributed by atoms with Crippen molar-refractivity contribution in [3.8, 4) is 0 Å². The molecule has 0 bridgehead atoms. The molecule has 0 saturated carbocycles. The lowest BCUT2D eigenvalue weighted by atomic mass is 9.93. The number of likely N-dealkylation sites (tertiary alicyclic amines) is 2. The zero-order valence-electron chi connectivity index (χ0n) is 9.03. The number of thiol groups is 1. The maximum atomic E-state index is 3.53.